The molecule has 0 radical (unpaired) electrons. The van der Waals surface area contributed by atoms with E-state index in [4.69, 9.17) is 5.26 Å². The molecule has 1 amide bonds. The van der Waals surface area contributed by atoms with Crippen LogP contribution in [-0.4, -0.2) is 20.9 Å². The number of carbonyl (C=O) groups is 1. The summed E-state index contributed by atoms with van der Waals surface area (Å²) in [6.45, 7) is 2.06. The highest BCUT2D eigenvalue weighted by atomic mass is 16.1. The summed E-state index contributed by atoms with van der Waals surface area (Å²) in [6, 6.07) is 5.13. The van der Waals surface area contributed by atoms with Crippen LogP contribution in [0.15, 0.2) is 24.7 Å². The highest BCUT2D eigenvalue weighted by Crippen LogP contribution is 2.05. The molecule has 0 aromatic carbocycles. The summed E-state index contributed by atoms with van der Waals surface area (Å²) in [4.78, 5) is 22.6. The number of aromatic amines is 1. The average Bonchev–Trinajstić information content (AvgIpc) is 2.89. The van der Waals surface area contributed by atoms with Gasteiger partial charge in [-0.05, 0) is 19.1 Å². The van der Waals surface area contributed by atoms with E-state index >= 15 is 0 Å². The number of nitriles is 1. The lowest BCUT2D eigenvalue weighted by Gasteiger charge is -2.04. The van der Waals surface area contributed by atoms with Crippen LogP contribution in [0, 0.1) is 18.3 Å². The van der Waals surface area contributed by atoms with E-state index in [0.29, 0.717) is 23.5 Å². The molecule has 2 aromatic rings. The van der Waals surface area contributed by atoms with Crippen LogP contribution < -0.4 is 5.32 Å². The average molecular weight is 241 g/mol. The number of nitrogens with one attached hydrogen (secondary N) is 2. The maximum atomic E-state index is 11.8. The van der Waals surface area contributed by atoms with Crippen molar-refractivity contribution in [3.63, 3.8) is 0 Å². The summed E-state index contributed by atoms with van der Waals surface area (Å²) < 4.78 is 0. The number of imidazole rings is 1. The van der Waals surface area contributed by atoms with E-state index in [-0.39, 0.29) is 5.91 Å². The van der Waals surface area contributed by atoms with E-state index in [2.05, 4.69) is 20.3 Å². The zero-order valence-electron chi connectivity index (χ0n) is 9.77. The van der Waals surface area contributed by atoms with Crippen molar-refractivity contribution < 1.29 is 4.79 Å². The molecule has 2 heterocycles. The van der Waals surface area contributed by atoms with Gasteiger partial charge in [-0.15, -0.1) is 0 Å². The summed E-state index contributed by atoms with van der Waals surface area (Å²) in [5.41, 5.74) is 2.13. The van der Waals surface area contributed by atoms with E-state index in [1.165, 1.54) is 6.07 Å². The number of amides is 1. The molecule has 90 valence electrons. The number of hydrogen-bond donors (Lipinski definition) is 2. The highest BCUT2D eigenvalue weighted by Gasteiger charge is 2.09. The predicted molar refractivity (Wildman–Crippen MR) is 63.4 cm³/mol. The van der Waals surface area contributed by atoms with Gasteiger partial charge in [-0.1, -0.05) is 0 Å². The monoisotopic (exact) mass is 241 g/mol. The fourth-order valence-corrected chi connectivity index (χ4v) is 1.45. The molecule has 0 saturated carbocycles. The van der Waals surface area contributed by atoms with Gasteiger partial charge in [0.1, 0.15) is 11.8 Å². The van der Waals surface area contributed by atoms with Gasteiger partial charge in [-0.25, -0.2) is 9.97 Å². The van der Waals surface area contributed by atoms with Crippen LogP contribution in [0.5, 0.6) is 0 Å². The third-order valence-corrected chi connectivity index (χ3v) is 2.43. The van der Waals surface area contributed by atoms with Crippen LogP contribution in [-0.2, 0) is 6.54 Å². The largest absolute Gasteiger partial charge is 0.347 e. The number of H-pyrrole nitrogens is 1. The fourth-order valence-electron chi connectivity index (χ4n) is 1.45. The first-order valence-electron chi connectivity index (χ1n) is 5.34. The van der Waals surface area contributed by atoms with Gasteiger partial charge in [0.05, 0.1) is 29.8 Å². The Balaban J connectivity index is 2.05. The van der Waals surface area contributed by atoms with E-state index in [1.54, 1.807) is 25.5 Å². The molecule has 2 aromatic heterocycles. The van der Waals surface area contributed by atoms with Crippen LogP contribution >= 0.6 is 0 Å². The minimum Gasteiger partial charge on any atom is -0.347 e. The lowest BCUT2D eigenvalue weighted by Crippen LogP contribution is -2.24. The maximum Gasteiger partial charge on any atom is 0.270 e. The standard InChI is InChI=1S/C12H11N5O/c1-8-9(4-13)2-3-11(17-8)12(18)15-6-10-5-14-7-16-10/h2-3,5,7H,6H2,1H3,(H,14,16)(H,15,18). The van der Waals surface area contributed by atoms with Crippen LogP contribution in [0.3, 0.4) is 0 Å². The van der Waals surface area contributed by atoms with Gasteiger partial charge in [0.2, 0.25) is 0 Å². The van der Waals surface area contributed by atoms with Crippen molar-refractivity contribution in [3.05, 3.63) is 47.3 Å². The molecular weight excluding hydrogens is 230 g/mol. The van der Waals surface area contributed by atoms with Crippen molar-refractivity contribution in [3.8, 4) is 6.07 Å². The Labute approximate surface area is 104 Å². The molecule has 0 unspecified atom stereocenters. The predicted octanol–water partition coefficient (Wildman–Crippen LogP) is 0.915. The van der Waals surface area contributed by atoms with Crippen molar-refractivity contribution in [2.24, 2.45) is 0 Å². The van der Waals surface area contributed by atoms with Crippen LogP contribution in [0.1, 0.15) is 27.4 Å². The van der Waals surface area contributed by atoms with Crippen molar-refractivity contribution in [1.29, 1.82) is 5.26 Å². The zero-order valence-corrected chi connectivity index (χ0v) is 9.77. The molecule has 6 nitrogen and oxygen atoms in total. The molecule has 6 heteroatoms. The van der Waals surface area contributed by atoms with Crippen molar-refractivity contribution in [2.45, 2.75) is 13.5 Å². The summed E-state index contributed by atoms with van der Waals surface area (Å²) >= 11 is 0. The first-order chi connectivity index (χ1) is 8.70. The second-order valence-electron chi connectivity index (χ2n) is 3.70. The van der Waals surface area contributed by atoms with Crippen LogP contribution in [0.25, 0.3) is 0 Å². The number of aryl methyl sites for hydroxylation is 1. The lowest BCUT2D eigenvalue weighted by atomic mass is 10.2. The summed E-state index contributed by atoms with van der Waals surface area (Å²) in [5, 5.41) is 11.5. The molecule has 0 saturated heterocycles. The number of rotatable bonds is 3. The molecule has 18 heavy (non-hydrogen) atoms. The van der Waals surface area contributed by atoms with Crippen molar-refractivity contribution >= 4 is 5.91 Å². The third-order valence-electron chi connectivity index (χ3n) is 2.43. The summed E-state index contributed by atoms with van der Waals surface area (Å²) in [7, 11) is 0. The molecule has 0 atom stereocenters. The topological polar surface area (TPSA) is 94.5 Å². The van der Waals surface area contributed by atoms with Gasteiger partial charge in [-0.3, -0.25) is 4.79 Å². The number of nitrogens with zero attached hydrogens (tertiary/aromatic N) is 3. The number of aromatic nitrogens is 3. The number of pyridine rings is 1. The van der Waals surface area contributed by atoms with Crippen LogP contribution in [0.2, 0.25) is 0 Å². The second kappa shape index (κ2) is 5.10. The second-order valence-corrected chi connectivity index (χ2v) is 3.70. The quantitative estimate of drug-likeness (QED) is 0.835. The minimum atomic E-state index is -0.280. The SMILES string of the molecule is Cc1nc(C(=O)NCc2cnc[nH]2)ccc1C#N. The molecule has 0 aliphatic heterocycles. The van der Waals surface area contributed by atoms with Gasteiger partial charge >= 0.3 is 0 Å². The zero-order chi connectivity index (χ0) is 13.0. The Morgan fingerprint density at radius 3 is 3.00 bits per heavy atom. The van der Waals surface area contributed by atoms with Gasteiger partial charge in [0, 0.05) is 6.20 Å². The molecule has 2 rings (SSSR count). The summed E-state index contributed by atoms with van der Waals surface area (Å²) in [6.07, 6.45) is 3.18. The molecule has 0 aliphatic carbocycles. The first-order valence-corrected chi connectivity index (χ1v) is 5.34. The third kappa shape index (κ3) is 2.52. The molecule has 0 bridgehead atoms. The first kappa shape index (κ1) is 11.8. The van der Waals surface area contributed by atoms with Crippen molar-refractivity contribution in [2.75, 3.05) is 0 Å². The van der Waals surface area contributed by atoms with Gasteiger partial charge < -0.3 is 10.3 Å². The molecular formula is C12H11N5O. The molecule has 0 aliphatic rings. The van der Waals surface area contributed by atoms with Gasteiger partial charge in [-0.2, -0.15) is 5.26 Å². The van der Waals surface area contributed by atoms with Gasteiger partial charge in [0.25, 0.3) is 5.91 Å². The molecule has 0 fully saturated rings. The van der Waals surface area contributed by atoms with E-state index in [0.717, 1.165) is 5.69 Å². The Hall–Kier alpha value is -2.68. The van der Waals surface area contributed by atoms with Gasteiger partial charge in [0.15, 0.2) is 0 Å². The highest BCUT2D eigenvalue weighted by molar-refractivity contribution is 5.92. The number of carbonyl (C=O) groups excluding carboxylic acids is 1. The Morgan fingerprint density at radius 2 is 2.39 bits per heavy atom. The lowest BCUT2D eigenvalue weighted by molar-refractivity contribution is 0.0945. The van der Waals surface area contributed by atoms with E-state index < -0.39 is 0 Å². The fraction of sp³-hybridized carbons (Fsp3) is 0.167. The Kier molecular flexibility index (Phi) is 3.34. The van der Waals surface area contributed by atoms with Crippen LogP contribution in [0.4, 0.5) is 0 Å². The molecule has 0 spiro atoms. The smallest absolute Gasteiger partial charge is 0.270 e. The Morgan fingerprint density at radius 1 is 1.56 bits per heavy atom. The normalized spacial score (nSPS) is 9.78. The minimum absolute atomic E-state index is 0.280. The maximum absolute atomic E-state index is 11.8. The summed E-state index contributed by atoms with van der Waals surface area (Å²) in [5.74, 6) is -0.280. The Bertz CT molecular complexity index is 597. The molecule has 2 N–H and O–H groups in total. The van der Waals surface area contributed by atoms with Crippen molar-refractivity contribution in [1.82, 2.24) is 20.3 Å². The van der Waals surface area contributed by atoms with E-state index in [9.17, 15) is 4.79 Å². The number of hydrogen-bond acceptors (Lipinski definition) is 4. The van der Waals surface area contributed by atoms with E-state index in [1.807, 2.05) is 6.07 Å².